The SMILES string of the molecule is COc1ccc(C(=O)N[C@]2(C(=O)O)C(=O)Oc3ccccc3[C@H]2C#Cc2cccc(F)c2)cc1. The summed E-state index contributed by atoms with van der Waals surface area (Å²) in [7, 11) is 1.46. The van der Waals surface area contributed by atoms with Crippen molar-refractivity contribution in [1.82, 2.24) is 5.32 Å². The Morgan fingerprint density at radius 3 is 2.50 bits per heavy atom. The summed E-state index contributed by atoms with van der Waals surface area (Å²) in [5, 5.41) is 12.6. The number of aliphatic carboxylic acids is 1. The molecule has 4 rings (SSSR count). The summed E-state index contributed by atoms with van der Waals surface area (Å²) in [6, 6.07) is 17.6. The highest BCUT2D eigenvalue weighted by atomic mass is 19.1. The number of hydrogen-bond acceptors (Lipinski definition) is 5. The molecule has 1 aliphatic rings. The van der Waals surface area contributed by atoms with Crippen LogP contribution in [-0.4, -0.2) is 35.6 Å². The molecular formula is C26H18FNO6. The lowest BCUT2D eigenvalue weighted by Crippen LogP contribution is -2.66. The minimum absolute atomic E-state index is 0.102. The third-order valence-electron chi connectivity index (χ3n) is 5.37. The van der Waals surface area contributed by atoms with Gasteiger partial charge in [0.1, 0.15) is 17.3 Å². The first-order valence-electron chi connectivity index (χ1n) is 10.1. The van der Waals surface area contributed by atoms with E-state index < -0.39 is 35.1 Å². The molecule has 1 aliphatic heterocycles. The Labute approximate surface area is 194 Å². The second-order valence-electron chi connectivity index (χ2n) is 7.44. The van der Waals surface area contributed by atoms with Gasteiger partial charge in [-0.15, -0.1) is 0 Å². The second-order valence-corrected chi connectivity index (χ2v) is 7.44. The number of para-hydroxylation sites is 1. The van der Waals surface area contributed by atoms with Crippen LogP contribution in [0.4, 0.5) is 4.39 Å². The van der Waals surface area contributed by atoms with E-state index in [1.807, 2.05) is 0 Å². The Morgan fingerprint density at radius 2 is 1.82 bits per heavy atom. The minimum atomic E-state index is -2.55. The zero-order valence-electron chi connectivity index (χ0n) is 17.9. The van der Waals surface area contributed by atoms with Crippen molar-refractivity contribution < 1.29 is 33.4 Å². The van der Waals surface area contributed by atoms with Crippen LogP contribution in [-0.2, 0) is 9.59 Å². The van der Waals surface area contributed by atoms with E-state index in [0.717, 1.165) is 0 Å². The van der Waals surface area contributed by atoms with Gasteiger partial charge in [-0.2, -0.15) is 0 Å². The lowest BCUT2D eigenvalue weighted by atomic mass is 9.76. The van der Waals surface area contributed by atoms with Crippen molar-refractivity contribution in [2.24, 2.45) is 0 Å². The Kier molecular flexibility index (Phi) is 6.02. The highest BCUT2D eigenvalue weighted by Gasteiger charge is 2.59. The number of amides is 1. The lowest BCUT2D eigenvalue weighted by molar-refractivity contribution is -0.158. The molecule has 0 unspecified atom stereocenters. The van der Waals surface area contributed by atoms with E-state index in [1.54, 1.807) is 24.3 Å². The number of carboxylic acids is 1. The van der Waals surface area contributed by atoms with Crippen LogP contribution in [0.25, 0.3) is 0 Å². The number of carbonyl (C=O) groups is 3. The van der Waals surface area contributed by atoms with Crippen LogP contribution in [0.2, 0.25) is 0 Å². The van der Waals surface area contributed by atoms with Crippen LogP contribution >= 0.6 is 0 Å². The molecule has 0 aliphatic carbocycles. The fraction of sp³-hybridized carbons (Fsp3) is 0.115. The van der Waals surface area contributed by atoms with Crippen molar-refractivity contribution in [2.45, 2.75) is 11.5 Å². The molecule has 3 aromatic carbocycles. The van der Waals surface area contributed by atoms with Crippen molar-refractivity contribution in [2.75, 3.05) is 7.11 Å². The average Bonchev–Trinajstić information content (AvgIpc) is 2.83. The van der Waals surface area contributed by atoms with Crippen LogP contribution in [0.1, 0.15) is 27.4 Å². The van der Waals surface area contributed by atoms with Crippen LogP contribution in [0.3, 0.4) is 0 Å². The summed E-state index contributed by atoms with van der Waals surface area (Å²) in [5.41, 5.74) is -1.88. The summed E-state index contributed by atoms with van der Waals surface area (Å²) < 4.78 is 24.0. The molecule has 0 radical (unpaired) electrons. The van der Waals surface area contributed by atoms with E-state index >= 15 is 0 Å². The van der Waals surface area contributed by atoms with E-state index in [4.69, 9.17) is 9.47 Å². The monoisotopic (exact) mass is 459 g/mol. The molecule has 0 aromatic heterocycles. The fourth-order valence-corrected chi connectivity index (χ4v) is 3.63. The van der Waals surface area contributed by atoms with E-state index in [1.165, 1.54) is 55.6 Å². The van der Waals surface area contributed by atoms with Crippen molar-refractivity contribution in [3.05, 3.63) is 95.3 Å². The fourth-order valence-electron chi connectivity index (χ4n) is 3.63. The first-order valence-corrected chi connectivity index (χ1v) is 10.1. The molecule has 1 amide bonds. The van der Waals surface area contributed by atoms with Gasteiger partial charge in [-0.05, 0) is 48.5 Å². The molecular weight excluding hydrogens is 441 g/mol. The van der Waals surface area contributed by atoms with Gasteiger partial charge in [0.15, 0.2) is 0 Å². The number of carboxylic acid groups (broad SMARTS) is 1. The first-order chi connectivity index (χ1) is 16.3. The molecule has 0 spiro atoms. The molecule has 34 heavy (non-hydrogen) atoms. The summed E-state index contributed by atoms with van der Waals surface area (Å²) in [6.45, 7) is 0. The molecule has 170 valence electrons. The summed E-state index contributed by atoms with van der Waals surface area (Å²) in [6.07, 6.45) is 0. The van der Waals surface area contributed by atoms with Crippen LogP contribution < -0.4 is 14.8 Å². The smallest absolute Gasteiger partial charge is 0.350 e. The van der Waals surface area contributed by atoms with Crippen LogP contribution in [0.5, 0.6) is 11.5 Å². The van der Waals surface area contributed by atoms with Crippen LogP contribution in [0, 0.1) is 17.7 Å². The van der Waals surface area contributed by atoms with Gasteiger partial charge in [-0.25, -0.2) is 14.0 Å². The standard InChI is InChI=1S/C26H18FNO6/c1-33-19-12-10-17(11-13-19)23(29)28-26(24(30)31)21(14-9-16-5-4-6-18(27)15-16)20-7-2-3-8-22(20)34-25(26)32/h2-8,10-13,15,21H,1H3,(H,28,29)(H,30,31)/t21-,26-/m1/s1. The second kappa shape index (κ2) is 9.08. The van der Waals surface area contributed by atoms with Gasteiger partial charge in [-0.3, -0.25) is 4.79 Å². The number of fused-ring (bicyclic) bond motifs is 1. The zero-order chi connectivity index (χ0) is 24.3. The Bertz CT molecular complexity index is 1340. The first kappa shape index (κ1) is 22.6. The maximum atomic E-state index is 13.6. The van der Waals surface area contributed by atoms with Crippen molar-refractivity contribution in [1.29, 1.82) is 0 Å². The molecule has 2 atom stereocenters. The highest BCUT2D eigenvalue weighted by Crippen LogP contribution is 2.40. The minimum Gasteiger partial charge on any atom is -0.497 e. The molecule has 8 heteroatoms. The van der Waals surface area contributed by atoms with Crippen molar-refractivity contribution in [3.8, 4) is 23.3 Å². The zero-order valence-corrected chi connectivity index (χ0v) is 17.9. The number of rotatable bonds is 4. The molecule has 2 N–H and O–H groups in total. The maximum Gasteiger partial charge on any atom is 0.350 e. The van der Waals surface area contributed by atoms with Gasteiger partial charge >= 0.3 is 11.9 Å². The summed E-state index contributed by atoms with van der Waals surface area (Å²) >= 11 is 0. The number of hydrogen-bond donors (Lipinski definition) is 2. The average molecular weight is 459 g/mol. The van der Waals surface area contributed by atoms with Crippen molar-refractivity contribution in [3.63, 3.8) is 0 Å². The van der Waals surface area contributed by atoms with Crippen molar-refractivity contribution >= 4 is 17.8 Å². The normalized spacial score (nSPS) is 18.5. The number of nitrogens with one attached hydrogen (secondary N) is 1. The molecule has 7 nitrogen and oxygen atoms in total. The molecule has 3 aromatic rings. The predicted octanol–water partition coefficient (Wildman–Crippen LogP) is 3.14. The number of carbonyl (C=O) groups excluding carboxylic acids is 2. The van der Waals surface area contributed by atoms with Gasteiger partial charge in [-0.1, -0.05) is 36.1 Å². The quantitative estimate of drug-likeness (QED) is 0.269. The van der Waals surface area contributed by atoms with E-state index in [0.29, 0.717) is 11.3 Å². The number of esters is 1. The van der Waals surface area contributed by atoms with Gasteiger partial charge in [0.25, 0.3) is 11.4 Å². The maximum absolute atomic E-state index is 13.6. The van der Waals surface area contributed by atoms with Gasteiger partial charge in [0.05, 0.1) is 13.0 Å². The molecule has 0 fully saturated rings. The Hall–Kier alpha value is -4.64. The summed E-state index contributed by atoms with van der Waals surface area (Å²) in [4.78, 5) is 38.7. The number of ether oxygens (including phenoxy) is 2. The largest absolute Gasteiger partial charge is 0.497 e. The van der Waals surface area contributed by atoms with E-state index in [2.05, 4.69) is 17.2 Å². The third kappa shape index (κ3) is 4.07. The summed E-state index contributed by atoms with van der Waals surface area (Å²) in [5.74, 6) is 0.604. The molecule has 1 heterocycles. The Balaban J connectivity index is 1.83. The third-order valence-corrected chi connectivity index (χ3v) is 5.37. The van der Waals surface area contributed by atoms with Gasteiger partial charge in [0.2, 0.25) is 0 Å². The molecule has 0 saturated carbocycles. The van der Waals surface area contributed by atoms with E-state index in [-0.39, 0.29) is 16.9 Å². The topological polar surface area (TPSA) is 102 Å². The highest BCUT2D eigenvalue weighted by molar-refractivity contribution is 6.12. The van der Waals surface area contributed by atoms with E-state index in [9.17, 15) is 23.9 Å². The lowest BCUT2D eigenvalue weighted by Gasteiger charge is -2.37. The predicted molar refractivity (Wildman–Crippen MR) is 119 cm³/mol. The molecule has 0 bridgehead atoms. The van der Waals surface area contributed by atoms with Gasteiger partial charge in [0, 0.05) is 16.7 Å². The number of methoxy groups -OCH3 is 1. The number of halogens is 1. The number of benzene rings is 3. The van der Waals surface area contributed by atoms with Crippen LogP contribution in [0.15, 0.2) is 72.8 Å². The van der Waals surface area contributed by atoms with Gasteiger partial charge < -0.3 is 19.9 Å². The Morgan fingerprint density at radius 1 is 1.09 bits per heavy atom. The molecule has 0 saturated heterocycles.